The maximum atomic E-state index is 5.31. The monoisotopic (exact) mass is 249 g/mol. The van der Waals surface area contributed by atoms with Crippen LogP contribution in [0.1, 0.15) is 19.4 Å². The molecule has 0 bridgehead atoms. The van der Waals surface area contributed by atoms with Crippen LogP contribution in [0.2, 0.25) is 0 Å². The van der Waals surface area contributed by atoms with Gasteiger partial charge in [0.25, 0.3) is 0 Å². The molecule has 1 aromatic carbocycles. The van der Waals surface area contributed by atoms with Crippen molar-refractivity contribution >= 4 is 6.08 Å². The molecule has 0 spiro atoms. The second-order valence-electron chi connectivity index (χ2n) is 4.52. The Bertz CT molecular complexity index is 411. The quantitative estimate of drug-likeness (QED) is 0.840. The number of nitrogens with one attached hydrogen (secondary N) is 1. The molecule has 3 heteroatoms. The van der Waals surface area contributed by atoms with Crippen LogP contribution in [-0.4, -0.2) is 27.8 Å². The summed E-state index contributed by atoms with van der Waals surface area (Å²) in [6.45, 7) is 5.29. The van der Waals surface area contributed by atoms with Crippen LogP contribution >= 0.6 is 0 Å². The predicted octanol–water partition coefficient (Wildman–Crippen LogP) is 2.96. The first-order valence-electron chi connectivity index (χ1n) is 6.19. The highest BCUT2D eigenvalue weighted by atomic mass is 16.5. The Morgan fingerprint density at radius 1 is 1.22 bits per heavy atom. The predicted molar refractivity (Wildman–Crippen MR) is 76.3 cm³/mol. The molecular formula is C15H23NO2. The van der Waals surface area contributed by atoms with E-state index in [1.54, 1.807) is 14.2 Å². The average molecular weight is 249 g/mol. The van der Waals surface area contributed by atoms with Gasteiger partial charge in [-0.3, -0.25) is 0 Å². The zero-order valence-electron chi connectivity index (χ0n) is 11.9. The van der Waals surface area contributed by atoms with Gasteiger partial charge in [-0.2, -0.15) is 0 Å². The summed E-state index contributed by atoms with van der Waals surface area (Å²) in [5.74, 6) is 2.04. The van der Waals surface area contributed by atoms with E-state index < -0.39 is 0 Å². The molecular weight excluding hydrogens is 226 g/mol. The molecule has 0 atom stereocenters. The van der Waals surface area contributed by atoms with Gasteiger partial charge in [0, 0.05) is 6.54 Å². The summed E-state index contributed by atoms with van der Waals surface area (Å²) in [6, 6.07) is 5.97. The van der Waals surface area contributed by atoms with Crippen LogP contribution in [0.3, 0.4) is 0 Å². The van der Waals surface area contributed by atoms with Crippen LogP contribution < -0.4 is 14.8 Å². The molecule has 1 aromatic rings. The molecule has 0 aliphatic carbocycles. The van der Waals surface area contributed by atoms with Crippen LogP contribution in [0, 0.1) is 5.92 Å². The van der Waals surface area contributed by atoms with Crippen LogP contribution in [-0.2, 0) is 0 Å². The highest BCUT2D eigenvalue weighted by Crippen LogP contribution is 2.28. The van der Waals surface area contributed by atoms with E-state index in [1.807, 2.05) is 25.2 Å². The van der Waals surface area contributed by atoms with Crippen molar-refractivity contribution in [2.24, 2.45) is 5.92 Å². The van der Waals surface area contributed by atoms with E-state index in [9.17, 15) is 0 Å². The van der Waals surface area contributed by atoms with Crippen molar-refractivity contribution in [1.29, 1.82) is 0 Å². The van der Waals surface area contributed by atoms with Gasteiger partial charge in [-0.1, -0.05) is 31.6 Å². The third kappa shape index (κ3) is 3.77. The standard InChI is InChI=1S/C15H23NO2/c1-11(2)13(10-16-3)8-12-6-7-14(17-4)15(9-12)18-5/h6-9,11,16H,10H2,1-5H3. The van der Waals surface area contributed by atoms with Crippen LogP contribution in [0.25, 0.3) is 6.08 Å². The van der Waals surface area contributed by atoms with Gasteiger partial charge in [-0.15, -0.1) is 0 Å². The van der Waals surface area contributed by atoms with Crippen LogP contribution in [0.4, 0.5) is 0 Å². The second kappa shape index (κ2) is 7.07. The Morgan fingerprint density at radius 2 is 1.89 bits per heavy atom. The van der Waals surface area contributed by atoms with Crippen molar-refractivity contribution < 1.29 is 9.47 Å². The number of benzene rings is 1. The lowest BCUT2D eigenvalue weighted by molar-refractivity contribution is 0.355. The van der Waals surface area contributed by atoms with Crippen molar-refractivity contribution in [2.75, 3.05) is 27.8 Å². The van der Waals surface area contributed by atoms with E-state index in [2.05, 4.69) is 25.2 Å². The van der Waals surface area contributed by atoms with Crippen molar-refractivity contribution in [3.05, 3.63) is 29.3 Å². The van der Waals surface area contributed by atoms with E-state index in [0.717, 1.165) is 23.6 Å². The van der Waals surface area contributed by atoms with Gasteiger partial charge in [0.2, 0.25) is 0 Å². The topological polar surface area (TPSA) is 30.5 Å². The van der Waals surface area contributed by atoms with Crippen LogP contribution in [0.15, 0.2) is 23.8 Å². The average Bonchev–Trinajstić information content (AvgIpc) is 2.37. The molecule has 0 radical (unpaired) electrons. The molecule has 0 aliphatic rings. The lowest BCUT2D eigenvalue weighted by Crippen LogP contribution is -2.13. The number of hydrogen-bond donors (Lipinski definition) is 1. The fourth-order valence-corrected chi connectivity index (χ4v) is 1.78. The first kappa shape index (κ1) is 14.6. The molecule has 100 valence electrons. The smallest absolute Gasteiger partial charge is 0.161 e. The van der Waals surface area contributed by atoms with Gasteiger partial charge in [-0.25, -0.2) is 0 Å². The molecule has 3 nitrogen and oxygen atoms in total. The van der Waals surface area contributed by atoms with Crippen LogP contribution in [0.5, 0.6) is 11.5 Å². The lowest BCUT2D eigenvalue weighted by Gasteiger charge is -2.12. The molecule has 0 amide bonds. The molecule has 1 N–H and O–H groups in total. The van der Waals surface area contributed by atoms with Gasteiger partial charge < -0.3 is 14.8 Å². The van der Waals surface area contributed by atoms with Crippen molar-refractivity contribution in [3.8, 4) is 11.5 Å². The summed E-state index contributed by atoms with van der Waals surface area (Å²) in [5.41, 5.74) is 2.50. The maximum Gasteiger partial charge on any atom is 0.161 e. The molecule has 0 aliphatic heterocycles. The number of rotatable bonds is 6. The number of ether oxygens (including phenoxy) is 2. The highest BCUT2D eigenvalue weighted by molar-refractivity contribution is 5.58. The van der Waals surface area contributed by atoms with Crippen molar-refractivity contribution in [1.82, 2.24) is 5.32 Å². The second-order valence-corrected chi connectivity index (χ2v) is 4.52. The fraction of sp³-hybridized carbons (Fsp3) is 0.467. The Kier molecular flexibility index (Phi) is 5.72. The third-order valence-corrected chi connectivity index (χ3v) is 2.88. The van der Waals surface area contributed by atoms with Gasteiger partial charge in [-0.05, 0) is 30.7 Å². The third-order valence-electron chi connectivity index (χ3n) is 2.88. The summed E-state index contributed by atoms with van der Waals surface area (Å²) in [7, 11) is 5.26. The number of hydrogen-bond acceptors (Lipinski definition) is 3. The normalized spacial score (nSPS) is 11.8. The maximum absolute atomic E-state index is 5.31. The summed E-state index contributed by atoms with van der Waals surface area (Å²) in [4.78, 5) is 0. The zero-order valence-corrected chi connectivity index (χ0v) is 11.9. The van der Waals surface area contributed by atoms with Gasteiger partial charge in [0.15, 0.2) is 11.5 Å². The van der Waals surface area contributed by atoms with Gasteiger partial charge in [0.05, 0.1) is 14.2 Å². The Balaban J connectivity index is 3.05. The fourth-order valence-electron chi connectivity index (χ4n) is 1.78. The van der Waals surface area contributed by atoms with Crippen molar-refractivity contribution in [2.45, 2.75) is 13.8 Å². The molecule has 0 heterocycles. The molecule has 0 unspecified atom stereocenters. The van der Waals surface area contributed by atoms with Crippen molar-refractivity contribution in [3.63, 3.8) is 0 Å². The minimum absolute atomic E-state index is 0.519. The molecule has 0 aromatic heterocycles. The first-order valence-corrected chi connectivity index (χ1v) is 6.19. The van der Waals surface area contributed by atoms with Gasteiger partial charge in [0.1, 0.15) is 0 Å². The largest absolute Gasteiger partial charge is 0.493 e. The van der Waals surface area contributed by atoms with E-state index >= 15 is 0 Å². The highest BCUT2D eigenvalue weighted by Gasteiger charge is 2.06. The molecule has 0 saturated heterocycles. The summed E-state index contributed by atoms with van der Waals surface area (Å²) in [5, 5.41) is 3.20. The van der Waals surface area contributed by atoms with Gasteiger partial charge >= 0.3 is 0 Å². The number of likely N-dealkylation sites (N-methyl/N-ethyl adjacent to an activating group) is 1. The minimum atomic E-state index is 0.519. The summed E-state index contributed by atoms with van der Waals surface area (Å²) in [6.07, 6.45) is 2.20. The van der Waals surface area contributed by atoms with E-state index in [4.69, 9.17) is 9.47 Å². The van der Waals surface area contributed by atoms with E-state index in [0.29, 0.717) is 5.92 Å². The Hall–Kier alpha value is -1.48. The summed E-state index contributed by atoms with van der Waals surface area (Å²) >= 11 is 0. The molecule has 18 heavy (non-hydrogen) atoms. The summed E-state index contributed by atoms with van der Waals surface area (Å²) < 4.78 is 10.5. The zero-order chi connectivity index (χ0) is 13.5. The Morgan fingerprint density at radius 3 is 2.39 bits per heavy atom. The van der Waals surface area contributed by atoms with E-state index in [-0.39, 0.29) is 0 Å². The minimum Gasteiger partial charge on any atom is -0.493 e. The Labute approximate surface area is 110 Å². The number of methoxy groups -OCH3 is 2. The van der Waals surface area contributed by atoms with E-state index in [1.165, 1.54) is 5.57 Å². The first-order chi connectivity index (χ1) is 8.62. The SMILES string of the molecule is CNCC(=Cc1ccc(OC)c(OC)c1)C(C)C. The lowest BCUT2D eigenvalue weighted by atomic mass is 10.00. The molecule has 0 fully saturated rings. The molecule has 1 rings (SSSR count). The molecule has 0 saturated carbocycles.